The highest BCUT2D eigenvalue weighted by atomic mass is 14.4. The Morgan fingerprint density at radius 1 is 0.889 bits per heavy atom. The number of benzene rings is 2. The van der Waals surface area contributed by atoms with Crippen LogP contribution in [0.5, 0.6) is 0 Å². The van der Waals surface area contributed by atoms with Crippen molar-refractivity contribution in [1.29, 1.82) is 0 Å². The van der Waals surface area contributed by atoms with Crippen molar-refractivity contribution in [2.75, 3.05) is 0 Å². The molecule has 18 heavy (non-hydrogen) atoms. The molecule has 0 N–H and O–H groups in total. The molecule has 92 valence electrons. The molecule has 2 aromatic rings. The van der Waals surface area contributed by atoms with Gasteiger partial charge in [0.05, 0.1) is 0 Å². The summed E-state index contributed by atoms with van der Waals surface area (Å²) in [6.07, 6.45) is 1.30. The molecule has 1 aliphatic heterocycles. The fraction of sp³-hybridized carbons (Fsp3) is 0.412. The van der Waals surface area contributed by atoms with Gasteiger partial charge in [-0.15, -0.1) is 0 Å². The summed E-state index contributed by atoms with van der Waals surface area (Å²) in [5.41, 5.74) is 1.99. The lowest BCUT2D eigenvalue weighted by Gasteiger charge is -2.58. The van der Waals surface area contributed by atoms with Gasteiger partial charge in [0.25, 0.3) is 0 Å². The fourth-order valence-electron chi connectivity index (χ4n) is 3.42. The highest BCUT2D eigenvalue weighted by molar-refractivity contribution is 6.81. The molecule has 0 aliphatic carbocycles. The van der Waals surface area contributed by atoms with Crippen LogP contribution in [-0.2, 0) is 0 Å². The average molecular weight is 236 g/mol. The summed E-state index contributed by atoms with van der Waals surface area (Å²) in [6, 6.07) is 15.5. The standard InChI is InChI=1S/C17H21B/c1-16(2)12-18(17(16,3)4)15-11-7-9-13-8-5-6-10-14(13)15/h5-11H,12H2,1-4H3. The van der Waals surface area contributed by atoms with Gasteiger partial charge in [0.1, 0.15) is 0 Å². The van der Waals surface area contributed by atoms with E-state index in [0.29, 0.717) is 17.4 Å². The maximum atomic E-state index is 2.42. The first kappa shape index (κ1) is 11.8. The largest absolute Gasteiger partial charge is 0.183 e. The van der Waals surface area contributed by atoms with Crippen molar-refractivity contribution in [3.8, 4) is 0 Å². The molecule has 3 rings (SSSR count). The van der Waals surface area contributed by atoms with E-state index in [2.05, 4.69) is 70.2 Å². The summed E-state index contributed by atoms with van der Waals surface area (Å²) in [7, 11) is 0. The van der Waals surface area contributed by atoms with Gasteiger partial charge in [0, 0.05) is 0 Å². The SMILES string of the molecule is CC1(C)CB(c2cccc3ccccc23)C1(C)C. The summed E-state index contributed by atoms with van der Waals surface area (Å²) in [5, 5.41) is 3.20. The van der Waals surface area contributed by atoms with Crippen molar-refractivity contribution in [1.82, 2.24) is 0 Å². The zero-order valence-electron chi connectivity index (χ0n) is 11.8. The maximum absolute atomic E-state index is 2.42. The van der Waals surface area contributed by atoms with E-state index in [1.54, 1.807) is 0 Å². The molecule has 0 spiro atoms. The Morgan fingerprint density at radius 3 is 2.22 bits per heavy atom. The zero-order valence-corrected chi connectivity index (χ0v) is 11.8. The molecule has 0 atom stereocenters. The van der Waals surface area contributed by atoms with Crippen molar-refractivity contribution >= 4 is 22.9 Å². The van der Waals surface area contributed by atoms with Crippen LogP contribution >= 0.6 is 0 Å². The smallest absolute Gasteiger partial charge is 0.0718 e. The molecule has 0 bridgehead atoms. The van der Waals surface area contributed by atoms with Crippen LogP contribution in [0.15, 0.2) is 42.5 Å². The van der Waals surface area contributed by atoms with Gasteiger partial charge in [0.2, 0.25) is 0 Å². The van der Waals surface area contributed by atoms with Crippen molar-refractivity contribution in [3.63, 3.8) is 0 Å². The molecule has 0 saturated carbocycles. The third-order valence-electron chi connectivity index (χ3n) is 5.53. The van der Waals surface area contributed by atoms with Crippen LogP contribution in [-0.4, -0.2) is 6.71 Å². The first-order valence-corrected chi connectivity index (χ1v) is 6.91. The topological polar surface area (TPSA) is 0 Å². The van der Waals surface area contributed by atoms with Gasteiger partial charge >= 0.3 is 0 Å². The third kappa shape index (κ3) is 1.46. The highest BCUT2D eigenvalue weighted by Gasteiger charge is 2.56. The Labute approximate surface area is 110 Å². The lowest BCUT2D eigenvalue weighted by molar-refractivity contribution is 0.242. The Kier molecular flexibility index (Phi) is 2.39. The number of rotatable bonds is 1. The minimum Gasteiger partial charge on any atom is -0.0718 e. The molecule has 1 fully saturated rings. The molecular weight excluding hydrogens is 215 g/mol. The normalized spacial score (nSPS) is 20.8. The van der Waals surface area contributed by atoms with Gasteiger partial charge in [-0.25, -0.2) is 0 Å². The second-order valence-corrected chi connectivity index (χ2v) is 6.93. The van der Waals surface area contributed by atoms with E-state index in [9.17, 15) is 0 Å². The summed E-state index contributed by atoms with van der Waals surface area (Å²) >= 11 is 0. The Bertz CT molecular complexity index is 590. The lowest BCUT2D eigenvalue weighted by Crippen LogP contribution is -2.59. The van der Waals surface area contributed by atoms with E-state index < -0.39 is 0 Å². The monoisotopic (exact) mass is 236 g/mol. The molecule has 0 aromatic heterocycles. The number of fused-ring (bicyclic) bond motifs is 1. The Morgan fingerprint density at radius 2 is 1.56 bits per heavy atom. The van der Waals surface area contributed by atoms with E-state index in [1.165, 1.54) is 22.6 Å². The molecule has 2 aromatic carbocycles. The minimum absolute atomic E-state index is 0.386. The molecule has 1 aliphatic rings. The zero-order chi connectivity index (χ0) is 13.0. The molecule has 1 heteroatoms. The predicted molar refractivity (Wildman–Crippen MR) is 82.0 cm³/mol. The molecular formula is C17H21B. The van der Waals surface area contributed by atoms with Crippen molar-refractivity contribution in [2.24, 2.45) is 5.41 Å². The van der Waals surface area contributed by atoms with E-state index in [0.717, 1.165) is 0 Å². The van der Waals surface area contributed by atoms with Gasteiger partial charge in [-0.3, -0.25) is 0 Å². The average Bonchev–Trinajstić information content (AvgIpc) is 2.35. The first-order valence-electron chi connectivity index (χ1n) is 6.91. The van der Waals surface area contributed by atoms with E-state index >= 15 is 0 Å². The summed E-state index contributed by atoms with van der Waals surface area (Å²) in [6.45, 7) is 10.3. The molecule has 0 unspecified atom stereocenters. The van der Waals surface area contributed by atoms with E-state index in [1.807, 2.05) is 0 Å². The second-order valence-electron chi connectivity index (χ2n) is 6.93. The van der Waals surface area contributed by atoms with Crippen LogP contribution in [0.25, 0.3) is 10.8 Å². The van der Waals surface area contributed by atoms with Crippen LogP contribution in [0.2, 0.25) is 11.6 Å². The van der Waals surface area contributed by atoms with Crippen molar-refractivity contribution in [3.05, 3.63) is 42.5 Å². The Balaban J connectivity index is 2.12. The van der Waals surface area contributed by atoms with Crippen LogP contribution in [0.1, 0.15) is 27.7 Å². The number of hydrogen-bond acceptors (Lipinski definition) is 0. The number of hydrogen-bond donors (Lipinski definition) is 0. The van der Waals surface area contributed by atoms with Gasteiger partial charge in [-0.2, -0.15) is 0 Å². The molecule has 0 nitrogen and oxygen atoms in total. The summed E-state index contributed by atoms with van der Waals surface area (Å²) in [4.78, 5) is 0. The van der Waals surface area contributed by atoms with Crippen LogP contribution in [0.3, 0.4) is 0 Å². The lowest BCUT2D eigenvalue weighted by atomic mass is 9.12. The summed E-state index contributed by atoms with van der Waals surface area (Å²) < 4.78 is 0. The van der Waals surface area contributed by atoms with Crippen molar-refractivity contribution < 1.29 is 0 Å². The van der Waals surface area contributed by atoms with Gasteiger partial charge in [-0.1, -0.05) is 81.9 Å². The maximum Gasteiger partial charge on any atom is 0.183 e. The fourth-order valence-corrected chi connectivity index (χ4v) is 3.42. The van der Waals surface area contributed by atoms with Crippen LogP contribution in [0.4, 0.5) is 0 Å². The Hall–Kier alpha value is -1.24. The minimum atomic E-state index is 0.386. The van der Waals surface area contributed by atoms with Crippen molar-refractivity contribution in [2.45, 2.75) is 39.3 Å². The van der Waals surface area contributed by atoms with Gasteiger partial charge < -0.3 is 0 Å². The van der Waals surface area contributed by atoms with Crippen LogP contribution < -0.4 is 5.46 Å². The third-order valence-corrected chi connectivity index (χ3v) is 5.53. The highest BCUT2D eigenvalue weighted by Crippen LogP contribution is 2.61. The first-order chi connectivity index (χ1) is 8.43. The predicted octanol–water partition coefficient (Wildman–Crippen LogP) is 4.36. The van der Waals surface area contributed by atoms with Gasteiger partial charge in [0.15, 0.2) is 6.71 Å². The van der Waals surface area contributed by atoms with E-state index in [4.69, 9.17) is 0 Å². The second kappa shape index (κ2) is 3.63. The molecule has 0 amide bonds. The summed E-state index contributed by atoms with van der Waals surface area (Å²) in [5.74, 6) is 0. The molecule has 0 radical (unpaired) electrons. The molecule has 1 heterocycles. The van der Waals surface area contributed by atoms with Crippen LogP contribution in [0, 0.1) is 5.41 Å². The quantitative estimate of drug-likeness (QED) is 0.645. The van der Waals surface area contributed by atoms with Gasteiger partial charge in [-0.05, 0) is 21.5 Å². The molecule has 1 saturated heterocycles. The van der Waals surface area contributed by atoms with E-state index in [-0.39, 0.29) is 0 Å².